The van der Waals surface area contributed by atoms with Gasteiger partial charge in [-0.3, -0.25) is 4.68 Å². The number of hydrogen-bond acceptors (Lipinski definition) is 3. The lowest BCUT2D eigenvalue weighted by molar-refractivity contribution is 0.577. The molecule has 2 aromatic heterocycles. The van der Waals surface area contributed by atoms with Gasteiger partial charge in [0, 0.05) is 17.8 Å². The van der Waals surface area contributed by atoms with Gasteiger partial charge in [-0.1, -0.05) is 36.4 Å². The number of benzene rings is 2. The average molecular weight is 378 g/mol. The number of aromatic nitrogens is 4. The van der Waals surface area contributed by atoms with Crippen molar-refractivity contribution < 1.29 is 0 Å². The number of para-hydroxylation sites is 2. The molecule has 0 saturated carbocycles. The summed E-state index contributed by atoms with van der Waals surface area (Å²) >= 11 is 0. The third-order valence-corrected chi connectivity index (χ3v) is 4.88. The Morgan fingerprint density at radius 3 is 1.90 bits per heavy atom. The van der Waals surface area contributed by atoms with E-state index >= 15 is 0 Å². The summed E-state index contributed by atoms with van der Waals surface area (Å²) in [7, 11) is 0. The molecule has 0 bridgehead atoms. The molecule has 4 aromatic rings. The van der Waals surface area contributed by atoms with Crippen molar-refractivity contribution in [3.8, 4) is 17.4 Å². The third-order valence-electron chi connectivity index (χ3n) is 4.88. The Bertz CT molecular complexity index is 1140. The maximum Gasteiger partial charge on any atom is 0.228 e. The van der Waals surface area contributed by atoms with Crippen LogP contribution in [0.1, 0.15) is 30.8 Å². The van der Waals surface area contributed by atoms with Gasteiger partial charge >= 0.3 is 0 Å². The summed E-state index contributed by atoms with van der Waals surface area (Å²) in [6.07, 6.45) is 3.44. The van der Waals surface area contributed by atoms with E-state index in [0.29, 0.717) is 22.6 Å². The van der Waals surface area contributed by atoms with Crippen LogP contribution < -0.4 is 0 Å². The number of rotatable bonds is 4. The van der Waals surface area contributed by atoms with E-state index in [9.17, 15) is 5.26 Å². The van der Waals surface area contributed by atoms with Crippen LogP contribution in [-0.2, 0) is 5.41 Å². The van der Waals surface area contributed by atoms with Crippen molar-refractivity contribution in [1.82, 2.24) is 19.6 Å². The largest absolute Gasteiger partial charge is 0.252 e. The number of nitriles is 1. The first kappa shape index (κ1) is 18.2. The quantitative estimate of drug-likeness (QED) is 0.479. The van der Waals surface area contributed by atoms with E-state index in [0.717, 1.165) is 11.4 Å². The molecule has 0 atom stereocenters. The SMILES string of the molecule is [C-]#[N+]c1cn(-c2ccccc2)nc1C(C)(C)c1nn(-c2ccccc2)cc1C#N. The predicted octanol–water partition coefficient (Wildman–Crippen LogP) is 4.81. The molecule has 0 amide bonds. The molecule has 0 unspecified atom stereocenters. The van der Waals surface area contributed by atoms with Crippen LogP contribution in [0.3, 0.4) is 0 Å². The van der Waals surface area contributed by atoms with E-state index in [4.69, 9.17) is 16.8 Å². The molecular formula is C23H18N6. The molecule has 29 heavy (non-hydrogen) atoms. The first-order valence-corrected chi connectivity index (χ1v) is 9.13. The van der Waals surface area contributed by atoms with Crippen molar-refractivity contribution in [3.63, 3.8) is 0 Å². The van der Waals surface area contributed by atoms with Crippen molar-refractivity contribution >= 4 is 5.69 Å². The summed E-state index contributed by atoms with van der Waals surface area (Å²) < 4.78 is 3.39. The summed E-state index contributed by atoms with van der Waals surface area (Å²) in [5, 5.41) is 19.1. The molecule has 0 N–H and O–H groups in total. The van der Waals surface area contributed by atoms with Gasteiger partial charge < -0.3 is 0 Å². The molecular weight excluding hydrogens is 360 g/mol. The first-order chi connectivity index (χ1) is 14.0. The van der Waals surface area contributed by atoms with Gasteiger partial charge in [-0.25, -0.2) is 9.53 Å². The highest BCUT2D eigenvalue weighted by molar-refractivity contribution is 5.56. The molecule has 0 aliphatic carbocycles. The van der Waals surface area contributed by atoms with Crippen LogP contribution in [-0.4, -0.2) is 19.6 Å². The number of hydrogen-bond donors (Lipinski definition) is 0. The number of nitrogens with zero attached hydrogens (tertiary/aromatic N) is 6. The first-order valence-electron chi connectivity index (χ1n) is 9.13. The third kappa shape index (κ3) is 3.18. The Balaban J connectivity index is 1.84. The van der Waals surface area contributed by atoms with Crippen LogP contribution >= 0.6 is 0 Å². The lowest BCUT2D eigenvalue weighted by atomic mass is 9.83. The van der Waals surface area contributed by atoms with E-state index in [1.165, 1.54) is 0 Å². The fourth-order valence-electron chi connectivity index (χ4n) is 3.35. The van der Waals surface area contributed by atoms with Crippen LogP contribution in [0.2, 0.25) is 0 Å². The van der Waals surface area contributed by atoms with E-state index in [2.05, 4.69) is 10.9 Å². The van der Waals surface area contributed by atoms with Crippen molar-refractivity contribution in [2.24, 2.45) is 0 Å². The summed E-state index contributed by atoms with van der Waals surface area (Å²) in [6.45, 7) is 11.5. The lowest BCUT2D eigenvalue weighted by Crippen LogP contribution is -2.22. The Kier molecular flexibility index (Phi) is 4.46. The van der Waals surface area contributed by atoms with E-state index in [-0.39, 0.29) is 0 Å². The molecule has 6 heteroatoms. The van der Waals surface area contributed by atoms with Crippen molar-refractivity contribution in [1.29, 1.82) is 5.26 Å². The maximum atomic E-state index is 9.71. The monoisotopic (exact) mass is 378 g/mol. The molecule has 0 aliphatic heterocycles. The minimum absolute atomic E-state index is 0.442. The Morgan fingerprint density at radius 2 is 1.38 bits per heavy atom. The molecule has 4 rings (SSSR count). The zero-order valence-corrected chi connectivity index (χ0v) is 16.1. The normalized spacial score (nSPS) is 11.0. The van der Waals surface area contributed by atoms with Gasteiger partial charge in [0.2, 0.25) is 5.69 Å². The second-order valence-electron chi connectivity index (χ2n) is 7.16. The molecule has 0 aliphatic rings. The zero-order chi connectivity index (χ0) is 20.4. The molecule has 0 fully saturated rings. The van der Waals surface area contributed by atoms with Gasteiger partial charge in [0.25, 0.3) is 0 Å². The standard InChI is InChI=1S/C23H18N6/c1-23(2,21-17(14-24)15-28(26-21)18-10-6-4-7-11-18)22-20(25-3)16-29(27-22)19-12-8-5-9-13-19/h4-13,15-16H,1-2H3. The van der Waals surface area contributed by atoms with E-state index in [1.807, 2.05) is 74.5 Å². The van der Waals surface area contributed by atoms with Crippen LogP contribution in [0, 0.1) is 17.9 Å². The highest BCUT2D eigenvalue weighted by atomic mass is 15.3. The van der Waals surface area contributed by atoms with E-state index in [1.54, 1.807) is 21.8 Å². The van der Waals surface area contributed by atoms with Gasteiger partial charge in [0.15, 0.2) is 0 Å². The summed E-state index contributed by atoms with van der Waals surface area (Å²) in [4.78, 5) is 3.68. The highest BCUT2D eigenvalue weighted by Crippen LogP contribution is 2.38. The van der Waals surface area contributed by atoms with Gasteiger partial charge in [-0.15, -0.1) is 0 Å². The highest BCUT2D eigenvalue weighted by Gasteiger charge is 2.34. The Morgan fingerprint density at radius 1 is 0.862 bits per heavy atom. The molecule has 2 heterocycles. The van der Waals surface area contributed by atoms with Crippen molar-refractivity contribution in [3.05, 3.63) is 101 Å². The molecule has 0 spiro atoms. The minimum Gasteiger partial charge on any atom is -0.252 e. The summed E-state index contributed by atoms with van der Waals surface area (Å²) in [6, 6.07) is 21.5. The second kappa shape index (κ2) is 7.10. The predicted molar refractivity (Wildman–Crippen MR) is 110 cm³/mol. The smallest absolute Gasteiger partial charge is 0.228 e. The summed E-state index contributed by atoms with van der Waals surface area (Å²) in [5.41, 5.74) is 3.09. The van der Waals surface area contributed by atoms with Gasteiger partial charge in [0.05, 0.1) is 34.9 Å². The fraction of sp³-hybridized carbons (Fsp3) is 0.130. The fourth-order valence-corrected chi connectivity index (χ4v) is 3.35. The second-order valence-corrected chi connectivity index (χ2v) is 7.16. The maximum absolute atomic E-state index is 9.71. The Labute approximate surface area is 169 Å². The van der Waals surface area contributed by atoms with Crippen molar-refractivity contribution in [2.75, 3.05) is 0 Å². The molecule has 2 aromatic carbocycles. The molecule has 6 nitrogen and oxygen atoms in total. The van der Waals surface area contributed by atoms with E-state index < -0.39 is 5.41 Å². The molecule has 0 saturated heterocycles. The van der Waals surface area contributed by atoms with Gasteiger partial charge in [0.1, 0.15) is 6.07 Å². The van der Waals surface area contributed by atoms with Gasteiger partial charge in [-0.05, 0) is 38.1 Å². The average Bonchev–Trinajstić information content (AvgIpc) is 3.40. The lowest BCUT2D eigenvalue weighted by Gasteiger charge is -2.21. The van der Waals surface area contributed by atoms with Gasteiger partial charge in [-0.2, -0.15) is 15.5 Å². The molecule has 0 radical (unpaired) electrons. The Hall–Kier alpha value is -4.16. The minimum atomic E-state index is -0.731. The zero-order valence-electron chi connectivity index (χ0n) is 16.1. The van der Waals surface area contributed by atoms with Crippen LogP contribution in [0.15, 0.2) is 73.1 Å². The van der Waals surface area contributed by atoms with Crippen LogP contribution in [0.25, 0.3) is 16.2 Å². The van der Waals surface area contributed by atoms with Crippen LogP contribution in [0.5, 0.6) is 0 Å². The topological polar surface area (TPSA) is 63.8 Å². The molecule has 140 valence electrons. The van der Waals surface area contributed by atoms with Crippen LogP contribution in [0.4, 0.5) is 5.69 Å². The summed E-state index contributed by atoms with van der Waals surface area (Å²) in [5.74, 6) is 0. The van der Waals surface area contributed by atoms with Crippen molar-refractivity contribution in [2.45, 2.75) is 19.3 Å².